The number of rotatable bonds is 3. The van der Waals surface area contributed by atoms with Crippen molar-refractivity contribution >= 4 is 15.9 Å². The van der Waals surface area contributed by atoms with E-state index in [0.717, 1.165) is 10.0 Å². The van der Waals surface area contributed by atoms with Crippen LogP contribution in [0.5, 0.6) is 0 Å². The number of nitrogens with one attached hydrogen (secondary N) is 1. The third-order valence-electron chi connectivity index (χ3n) is 1.34. The molecule has 12 heavy (non-hydrogen) atoms. The van der Waals surface area contributed by atoms with Gasteiger partial charge in [-0.05, 0) is 23.8 Å². The van der Waals surface area contributed by atoms with Crippen LogP contribution in [0.25, 0.3) is 0 Å². The van der Waals surface area contributed by atoms with Gasteiger partial charge in [-0.3, -0.25) is 0 Å². The van der Waals surface area contributed by atoms with E-state index < -0.39 is 0 Å². The Labute approximate surface area is 78.8 Å². The fraction of sp³-hybridized carbons (Fsp3) is 0.250. The monoisotopic (exact) mass is 233 g/mol. The average molecular weight is 234 g/mol. The molecule has 1 rings (SSSR count). The van der Waals surface area contributed by atoms with E-state index in [1.807, 2.05) is 6.07 Å². The highest BCUT2D eigenvalue weighted by Gasteiger charge is 1.97. The van der Waals surface area contributed by atoms with Crippen LogP contribution in [0.4, 0.5) is 4.39 Å². The van der Waals surface area contributed by atoms with Gasteiger partial charge in [-0.1, -0.05) is 15.9 Å². The third-order valence-corrected chi connectivity index (χ3v) is 1.80. The molecular formula is C8H9BrFNO. The maximum Gasteiger partial charge on any atom is 0.124 e. The fourth-order valence-corrected chi connectivity index (χ4v) is 1.38. The van der Waals surface area contributed by atoms with E-state index in [2.05, 4.69) is 26.2 Å². The van der Waals surface area contributed by atoms with Crippen molar-refractivity contribution in [3.05, 3.63) is 34.1 Å². The SMILES string of the molecule is CONCc1cc(F)cc(Br)c1. The van der Waals surface area contributed by atoms with E-state index in [-0.39, 0.29) is 5.82 Å². The fourth-order valence-electron chi connectivity index (χ4n) is 0.869. The first-order chi connectivity index (χ1) is 5.72. The molecule has 0 aromatic heterocycles. The largest absolute Gasteiger partial charge is 0.305 e. The number of hydroxylamine groups is 1. The van der Waals surface area contributed by atoms with Crippen molar-refractivity contribution < 1.29 is 9.23 Å². The predicted octanol–water partition coefficient (Wildman–Crippen LogP) is 2.24. The van der Waals surface area contributed by atoms with Crippen LogP contribution in [-0.2, 0) is 11.4 Å². The molecule has 0 aliphatic rings. The summed E-state index contributed by atoms with van der Waals surface area (Å²) in [5, 5.41) is 0. The van der Waals surface area contributed by atoms with Crippen molar-refractivity contribution in [1.29, 1.82) is 0 Å². The summed E-state index contributed by atoms with van der Waals surface area (Å²) in [4.78, 5) is 4.64. The van der Waals surface area contributed by atoms with Crippen LogP contribution in [0.2, 0.25) is 0 Å². The summed E-state index contributed by atoms with van der Waals surface area (Å²) >= 11 is 3.20. The Balaban J connectivity index is 2.72. The molecule has 1 N–H and O–H groups in total. The van der Waals surface area contributed by atoms with Gasteiger partial charge in [0.2, 0.25) is 0 Å². The Bertz CT molecular complexity index is 247. The van der Waals surface area contributed by atoms with E-state index in [1.165, 1.54) is 19.2 Å². The molecule has 0 atom stereocenters. The molecule has 0 saturated carbocycles. The van der Waals surface area contributed by atoms with E-state index >= 15 is 0 Å². The van der Waals surface area contributed by atoms with E-state index in [1.54, 1.807) is 0 Å². The number of hydrogen-bond donors (Lipinski definition) is 1. The summed E-state index contributed by atoms with van der Waals surface area (Å²) in [6.07, 6.45) is 0. The van der Waals surface area contributed by atoms with Crippen LogP contribution in [-0.4, -0.2) is 7.11 Å². The summed E-state index contributed by atoms with van der Waals surface area (Å²) < 4.78 is 13.5. The molecule has 1 aromatic rings. The van der Waals surface area contributed by atoms with Crippen LogP contribution in [0.3, 0.4) is 0 Å². The predicted molar refractivity (Wildman–Crippen MR) is 47.9 cm³/mol. The normalized spacial score (nSPS) is 10.2. The van der Waals surface area contributed by atoms with Gasteiger partial charge in [0.25, 0.3) is 0 Å². The van der Waals surface area contributed by atoms with Crippen molar-refractivity contribution in [3.8, 4) is 0 Å². The number of hydrogen-bond acceptors (Lipinski definition) is 2. The lowest BCUT2D eigenvalue weighted by atomic mass is 10.2. The lowest BCUT2D eigenvalue weighted by molar-refractivity contribution is 0.0866. The van der Waals surface area contributed by atoms with Gasteiger partial charge >= 0.3 is 0 Å². The summed E-state index contributed by atoms with van der Waals surface area (Å²) in [6.45, 7) is 0.493. The first-order valence-corrected chi connectivity index (χ1v) is 4.22. The Morgan fingerprint density at radius 3 is 2.83 bits per heavy atom. The molecule has 4 heteroatoms. The summed E-state index contributed by atoms with van der Waals surface area (Å²) in [5.74, 6) is -0.253. The standard InChI is InChI=1S/C8H9BrFNO/c1-12-11-5-6-2-7(9)4-8(10)3-6/h2-4,11H,5H2,1H3. The average Bonchev–Trinajstić information content (AvgIpc) is 1.99. The van der Waals surface area contributed by atoms with Crippen LogP contribution >= 0.6 is 15.9 Å². The van der Waals surface area contributed by atoms with Gasteiger partial charge < -0.3 is 4.84 Å². The minimum absolute atomic E-state index is 0.253. The molecule has 0 aliphatic carbocycles. The van der Waals surface area contributed by atoms with Crippen LogP contribution in [0.1, 0.15) is 5.56 Å². The van der Waals surface area contributed by atoms with Gasteiger partial charge in [0.05, 0.1) is 7.11 Å². The van der Waals surface area contributed by atoms with Gasteiger partial charge in [-0.25, -0.2) is 4.39 Å². The highest BCUT2D eigenvalue weighted by atomic mass is 79.9. The topological polar surface area (TPSA) is 21.3 Å². The van der Waals surface area contributed by atoms with Gasteiger partial charge in [0, 0.05) is 11.0 Å². The Morgan fingerprint density at radius 1 is 1.50 bits per heavy atom. The summed E-state index contributed by atoms with van der Waals surface area (Å²) in [6, 6.07) is 4.70. The van der Waals surface area contributed by atoms with Crippen molar-refractivity contribution in [3.63, 3.8) is 0 Å². The smallest absolute Gasteiger partial charge is 0.124 e. The van der Waals surface area contributed by atoms with Crippen molar-refractivity contribution in [2.24, 2.45) is 0 Å². The van der Waals surface area contributed by atoms with Gasteiger partial charge in [-0.15, -0.1) is 0 Å². The molecule has 0 bridgehead atoms. The molecule has 2 nitrogen and oxygen atoms in total. The first-order valence-electron chi connectivity index (χ1n) is 3.43. The maximum absolute atomic E-state index is 12.8. The minimum Gasteiger partial charge on any atom is -0.305 e. The van der Waals surface area contributed by atoms with Crippen molar-refractivity contribution in [2.45, 2.75) is 6.54 Å². The Hall–Kier alpha value is -0.450. The minimum atomic E-state index is -0.253. The van der Waals surface area contributed by atoms with Gasteiger partial charge in [0.1, 0.15) is 5.82 Å². The number of benzene rings is 1. The molecular weight excluding hydrogens is 225 g/mol. The zero-order valence-electron chi connectivity index (χ0n) is 6.60. The zero-order chi connectivity index (χ0) is 8.97. The van der Waals surface area contributed by atoms with Crippen molar-refractivity contribution in [1.82, 2.24) is 5.48 Å². The molecule has 66 valence electrons. The highest BCUT2D eigenvalue weighted by molar-refractivity contribution is 9.10. The summed E-state index contributed by atoms with van der Waals surface area (Å²) in [5.41, 5.74) is 3.47. The molecule has 0 fully saturated rings. The quantitative estimate of drug-likeness (QED) is 0.809. The Kier molecular flexibility index (Phi) is 3.65. The molecule has 0 heterocycles. The van der Waals surface area contributed by atoms with Crippen LogP contribution in [0, 0.1) is 5.82 Å². The van der Waals surface area contributed by atoms with E-state index in [9.17, 15) is 4.39 Å². The maximum atomic E-state index is 12.8. The lowest BCUT2D eigenvalue weighted by Crippen LogP contribution is -2.10. The van der Waals surface area contributed by atoms with Gasteiger partial charge in [0.15, 0.2) is 0 Å². The second-order valence-electron chi connectivity index (χ2n) is 2.30. The molecule has 0 unspecified atom stereocenters. The number of halogens is 2. The Morgan fingerprint density at radius 2 is 2.25 bits per heavy atom. The second-order valence-corrected chi connectivity index (χ2v) is 3.22. The first kappa shape index (κ1) is 9.64. The zero-order valence-corrected chi connectivity index (χ0v) is 8.19. The second kappa shape index (κ2) is 4.54. The van der Waals surface area contributed by atoms with Crippen LogP contribution < -0.4 is 5.48 Å². The molecule has 0 aliphatic heterocycles. The van der Waals surface area contributed by atoms with E-state index in [0.29, 0.717) is 6.54 Å². The molecule has 0 spiro atoms. The lowest BCUT2D eigenvalue weighted by Gasteiger charge is -2.02. The van der Waals surface area contributed by atoms with Crippen LogP contribution in [0.15, 0.2) is 22.7 Å². The third kappa shape index (κ3) is 2.89. The highest BCUT2D eigenvalue weighted by Crippen LogP contribution is 2.14. The molecule has 0 radical (unpaired) electrons. The van der Waals surface area contributed by atoms with E-state index in [4.69, 9.17) is 0 Å². The van der Waals surface area contributed by atoms with Crippen molar-refractivity contribution in [2.75, 3.05) is 7.11 Å². The van der Waals surface area contributed by atoms with Gasteiger partial charge in [-0.2, -0.15) is 5.48 Å². The molecule has 1 aromatic carbocycles. The summed E-state index contributed by atoms with van der Waals surface area (Å²) in [7, 11) is 1.52. The molecule has 0 amide bonds. The molecule has 0 saturated heterocycles.